The summed E-state index contributed by atoms with van der Waals surface area (Å²) in [6.07, 6.45) is 7.25. The van der Waals surface area contributed by atoms with Crippen molar-refractivity contribution in [1.82, 2.24) is 9.97 Å². The number of carbonyl (C=O) groups excluding carboxylic acids is 1. The molecule has 0 bridgehead atoms. The average molecular weight is 206 g/mol. The maximum absolute atomic E-state index is 8.95. The number of carbonyl (C=O) groups is 1. The van der Waals surface area contributed by atoms with E-state index in [1.54, 1.807) is 12.4 Å². The first-order valence-electron chi connectivity index (χ1n) is 4.31. The van der Waals surface area contributed by atoms with Gasteiger partial charge in [0.2, 0.25) is 0 Å². The normalized spacial score (nSPS) is 7.27. The number of rotatable bonds is 1. The number of ether oxygens (including phenoxy) is 1. The first-order valence-corrected chi connectivity index (χ1v) is 4.31. The van der Waals surface area contributed by atoms with Crippen LogP contribution in [0.4, 0.5) is 0 Å². The van der Waals surface area contributed by atoms with Crippen LogP contribution < -0.4 is 0 Å². The SMILES string of the molecule is COC=O.c1cc[nH]c1.c1ccncc1. The number of nitrogens with one attached hydrogen (secondary N) is 1. The zero-order chi connectivity index (χ0) is 11.2. The van der Waals surface area contributed by atoms with Crippen LogP contribution >= 0.6 is 0 Å². The minimum Gasteiger partial charge on any atom is -0.471 e. The lowest BCUT2D eigenvalue weighted by atomic mass is 10.5. The molecule has 4 heteroatoms. The Morgan fingerprint density at radius 1 is 1.07 bits per heavy atom. The van der Waals surface area contributed by atoms with Crippen LogP contribution in [0.15, 0.2) is 55.1 Å². The quantitative estimate of drug-likeness (QED) is 0.725. The molecule has 0 saturated heterocycles. The van der Waals surface area contributed by atoms with Gasteiger partial charge in [-0.2, -0.15) is 0 Å². The fourth-order valence-corrected chi connectivity index (χ4v) is 0.590. The smallest absolute Gasteiger partial charge is 0.292 e. The van der Waals surface area contributed by atoms with E-state index in [0.717, 1.165) is 0 Å². The van der Waals surface area contributed by atoms with Gasteiger partial charge in [-0.1, -0.05) is 6.07 Å². The maximum atomic E-state index is 8.95. The lowest BCUT2D eigenvalue weighted by Gasteiger charge is -1.70. The molecule has 0 spiro atoms. The summed E-state index contributed by atoms with van der Waals surface area (Å²) in [6.45, 7) is 0.375. The Kier molecular flexibility index (Phi) is 10.2. The second-order valence-corrected chi connectivity index (χ2v) is 2.24. The van der Waals surface area contributed by atoms with Crippen molar-refractivity contribution < 1.29 is 9.53 Å². The minimum atomic E-state index is 0.375. The maximum Gasteiger partial charge on any atom is 0.292 e. The Bertz CT molecular complexity index is 252. The zero-order valence-electron chi connectivity index (χ0n) is 8.54. The van der Waals surface area contributed by atoms with Crippen molar-refractivity contribution in [1.29, 1.82) is 0 Å². The molecule has 4 nitrogen and oxygen atoms in total. The molecule has 1 N–H and O–H groups in total. The van der Waals surface area contributed by atoms with Crippen molar-refractivity contribution in [2.75, 3.05) is 7.11 Å². The van der Waals surface area contributed by atoms with Gasteiger partial charge < -0.3 is 9.72 Å². The van der Waals surface area contributed by atoms with Crippen LogP contribution in [0, 0.1) is 0 Å². The van der Waals surface area contributed by atoms with Gasteiger partial charge in [0.1, 0.15) is 0 Å². The van der Waals surface area contributed by atoms with E-state index in [-0.39, 0.29) is 0 Å². The zero-order valence-corrected chi connectivity index (χ0v) is 8.54. The first-order chi connectivity index (χ1) is 7.41. The van der Waals surface area contributed by atoms with Crippen LogP contribution in [0.2, 0.25) is 0 Å². The molecule has 0 amide bonds. The van der Waals surface area contributed by atoms with Crippen LogP contribution in [0.25, 0.3) is 0 Å². The Morgan fingerprint density at radius 3 is 1.73 bits per heavy atom. The van der Waals surface area contributed by atoms with E-state index in [2.05, 4.69) is 14.7 Å². The molecule has 0 saturated carbocycles. The van der Waals surface area contributed by atoms with Crippen LogP contribution in [0.3, 0.4) is 0 Å². The number of aromatic amines is 1. The molecule has 0 aromatic carbocycles. The van der Waals surface area contributed by atoms with Crippen LogP contribution in [-0.4, -0.2) is 23.5 Å². The molecule has 0 aliphatic heterocycles. The summed E-state index contributed by atoms with van der Waals surface area (Å²) in [6, 6.07) is 9.60. The van der Waals surface area contributed by atoms with Crippen LogP contribution in [0.1, 0.15) is 0 Å². The third-order valence-corrected chi connectivity index (χ3v) is 1.16. The molecule has 2 heterocycles. The molecule has 0 aliphatic carbocycles. The van der Waals surface area contributed by atoms with E-state index in [4.69, 9.17) is 4.79 Å². The van der Waals surface area contributed by atoms with Crippen molar-refractivity contribution in [2.45, 2.75) is 0 Å². The minimum absolute atomic E-state index is 0.375. The third kappa shape index (κ3) is 11.9. The Hall–Kier alpha value is -2.10. The third-order valence-electron chi connectivity index (χ3n) is 1.16. The largest absolute Gasteiger partial charge is 0.471 e. The first kappa shape index (κ1) is 12.9. The molecule has 80 valence electrons. The summed E-state index contributed by atoms with van der Waals surface area (Å²) < 4.78 is 3.86. The van der Waals surface area contributed by atoms with Crippen molar-refractivity contribution in [3.8, 4) is 0 Å². The van der Waals surface area contributed by atoms with Gasteiger partial charge in [-0.3, -0.25) is 9.78 Å². The molecule has 2 aromatic heterocycles. The molecule has 2 aromatic rings. The molecule has 0 radical (unpaired) electrons. The Labute approximate surface area is 88.9 Å². The number of pyridine rings is 1. The van der Waals surface area contributed by atoms with E-state index < -0.39 is 0 Å². The van der Waals surface area contributed by atoms with Gasteiger partial charge in [0.15, 0.2) is 0 Å². The summed E-state index contributed by atoms with van der Waals surface area (Å²) in [7, 11) is 1.31. The second-order valence-electron chi connectivity index (χ2n) is 2.24. The van der Waals surface area contributed by atoms with E-state index >= 15 is 0 Å². The average Bonchev–Trinajstić information content (AvgIpc) is 2.90. The van der Waals surface area contributed by atoms with Gasteiger partial charge >= 0.3 is 0 Å². The number of hydrogen-bond donors (Lipinski definition) is 1. The highest BCUT2D eigenvalue weighted by Crippen LogP contribution is 1.73. The molecule has 0 aliphatic rings. The molecule has 2 rings (SSSR count). The number of aromatic nitrogens is 2. The lowest BCUT2D eigenvalue weighted by molar-refractivity contribution is -0.126. The highest BCUT2D eigenvalue weighted by atomic mass is 16.5. The summed E-state index contributed by atoms with van der Waals surface area (Å²) in [5, 5.41) is 0. The number of hydrogen-bond acceptors (Lipinski definition) is 3. The monoisotopic (exact) mass is 206 g/mol. The summed E-state index contributed by atoms with van der Waals surface area (Å²) in [5.41, 5.74) is 0. The van der Waals surface area contributed by atoms with E-state index in [9.17, 15) is 0 Å². The molecular formula is C11H14N2O2. The Balaban J connectivity index is 0.000000202. The number of methoxy groups -OCH3 is 1. The molecule has 0 unspecified atom stereocenters. The summed E-state index contributed by atoms with van der Waals surface area (Å²) >= 11 is 0. The lowest BCUT2D eigenvalue weighted by Crippen LogP contribution is -1.68. The fraction of sp³-hybridized carbons (Fsp3) is 0.0909. The van der Waals surface area contributed by atoms with E-state index in [1.807, 2.05) is 42.7 Å². The molecule has 0 fully saturated rings. The highest BCUT2D eigenvalue weighted by Gasteiger charge is 1.58. The molecular weight excluding hydrogens is 192 g/mol. The number of nitrogens with zero attached hydrogens (tertiary/aromatic N) is 1. The number of H-pyrrole nitrogens is 1. The van der Waals surface area contributed by atoms with Gasteiger partial charge in [0.25, 0.3) is 6.47 Å². The van der Waals surface area contributed by atoms with Crippen molar-refractivity contribution in [3.05, 3.63) is 55.1 Å². The van der Waals surface area contributed by atoms with Crippen molar-refractivity contribution in [3.63, 3.8) is 0 Å². The van der Waals surface area contributed by atoms with Crippen molar-refractivity contribution >= 4 is 6.47 Å². The van der Waals surface area contributed by atoms with Gasteiger partial charge in [-0.15, -0.1) is 0 Å². The summed E-state index contributed by atoms with van der Waals surface area (Å²) in [4.78, 5) is 15.6. The predicted molar refractivity (Wildman–Crippen MR) is 58.1 cm³/mol. The molecule has 0 atom stereocenters. The Morgan fingerprint density at radius 2 is 1.60 bits per heavy atom. The van der Waals surface area contributed by atoms with Gasteiger partial charge in [0.05, 0.1) is 7.11 Å². The summed E-state index contributed by atoms with van der Waals surface area (Å²) in [5.74, 6) is 0. The highest BCUT2D eigenvalue weighted by molar-refractivity contribution is 5.36. The van der Waals surface area contributed by atoms with Gasteiger partial charge in [-0.25, -0.2) is 0 Å². The van der Waals surface area contributed by atoms with E-state index in [0.29, 0.717) is 6.47 Å². The topological polar surface area (TPSA) is 55.0 Å². The standard InChI is InChI=1S/C5H5N.C4H5N.C2H4O2/c1-2-4-6-5-3-1;1-2-4-5-3-1;1-4-2-3/h1-5H;1-5H;2H,1H3. The van der Waals surface area contributed by atoms with Gasteiger partial charge in [0, 0.05) is 24.8 Å². The van der Waals surface area contributed by atoms with Crippen LogP contribution in [0.5, 0.6) is 0 Å². The second kappa shape index (κ2) is 11.9. The van der Waals surface area contributed by atoms with Crippen LogP contribution in [-0.2, 0) is 9.53 Å². The van der Waals surface area contributed by atoms with E-state index in [1.165, 1.54) is 7.11 Å². The van der Waals surface area contributed by atoms with Gasteiger partial charge in [-0.05, 0) is 24.3 Å². The fourth-order valence-electron chi connectivity index (χ4n) is 0.590. The predicted octanol–water partition coefficient (Wildman–Crippen LogP) is 1.89. The molecule has 15 heavy (non-hydrogen) atoms. The van der Waals surface area contributed by atoms with Crippen molar-refractivity contribution in [2.24, 2.45) is 0 Å².